The van der Waals surface area contributed by atoms with Crippen molar-refractivity contribution in [1.29, 1.82) is 0 Å². The number of furan rings is 1. The summed E-state index contributed by atoms with van der Waals surface area (Å²) in [6.45, 7) is 1.00. The maximum absolute atomic E-state index is 5.49. The van der Waals surface area contributed by atoms with Crippen molar-refractivity contribution < 1.29 is 4.42 Å². The number of hydrogen-bond acceptors (Lipinski definition) is 3. The molecule has 0 aromatic carbocycles. The van der Waals surface area contributed by atoms with Crippen LogP contribution in [-0.2, 0) is 0 Å². The van der Waals surface area contributed by atoms with Gasteiger partial charge in [-0.15, -0.1) is 11.3 Å². The van der Waals surface area contributed by atoms with Crippen molar-refractivity contribution in [3.05, 3.63) is 38.9 Å². The number of thiophene rings is 1. The lowest BCUT2D eigenvalue weighted by Crippen LogP contribution is -2.15. The quantitative estimate of drug-likeness (QED) is 0.794. The molecule has 0 saturated heterocycles. The highest BCUT2D eigenvalue weighted by Gasteiger charge is 2.32. The molecule has 0 radical (unpaired) electrons. The second kappa shape index (κ2) is 3.39. The zero-order valence-electron chi connectivity index (χ0n) is 8.24. The maximum atomic E-state index is 5.49. The van der Waals surface area contributed by atoms with Crippen LogP contribution < -0.4 is 4.90 Å². The first kappa shape index (κ1) is 9.48. The van der Waals surface area contributed by atoms with Crippen molar-refractivity contribution in [3.63, 3.8) is 0 Å². The van der Waals surface area contributed by atoms with E-state index in [9.17, 15) is 0 Å². The molecule has 1 aliphatic rings. The first-order valence-electron chi connectivity index (χ1n) is 4.79. The monoisotopic (exact) mass is 283 g/mol. The van der Waals surface area contributed by atoms with Crippen molar-refractivity contribution in [2.75, 3.05) is 18.5 Å². The zero-order chi connectivity index (χ0) is 10.4. The number of rotatable bonds is 1. The highest BCUT2D eigenvalue weighted by molar-refractivity contribution is 9.11. The van der Waals surface area contributed by atoms with Crippen molar-refractivity contribution in [2.24, 2.45) is 0 Å². The molecule has 0 bridgehead atoms. The molecule has 15 heavy (non-hydrogen) atoms. The summed E-state index contributed by atoms with van der Waals surface area (Å²) in [5, 5.41) is 2.22. The fourth-order valence-corrected chi connectivity index (χ4v) is 3.86. The normalized spacial score (nSPS) is 19.6. The third-order valence-corrected chi connectivity index (χ3v) is 4.56. The average Bonchev–Trinajstić information content (AvgIpc) is 2.86. The Bertz CT molecular complexity index is 477. The molecule has 1 unspecified atom stereocenters. The van der Waals surface area contributed by atoms with E-state index in [-0.39, 0.29) is 0 Å². The van der Waals surface area contributed by atoms with Gasteiger partial charge >= 0.3 is 0 Å². The van der Waals surface area contributed by atoms with E-state index in [2.05, 4.69) is 39.3 Å². The van der Waals surface area contributed by atoms with Crippen LogP contribution >= 0.6 is 27.3 Å². The zero-order valence-corrected chi connectivity index (χ0v) is 10.6. The fourth-order valence-electron chi connectivity index (χ4n) is 2.15. The SMILES string of the molecule is CN1CC(c2ccco2)c2csc(Br)c21. The summed E-state index contributed by atoms with van der Waals surface area (Å²) < 4.78 is 6.71. The molecule has 2 aromatic heterocycles. The van der Waals surface area contributed by atoms with Gasteiger partial charge in [0, 0.05) is 13.6 Å². The molecule has 3 heterocycles. The highest BCUT2D eigenvalue weighted by Crippen LogP contribution is 2.47. The van der Waals surface area contributed by atoms with Crippen LogP contribution in [0.4, 0.5) is 5.69 Å². The molecule has 4 heteroatoms. The number of anilines is 1. The number of nitrogens with zero attached hydrogens (tertiary/aromatic N) is 1. The van der Waals surface area contributed by atoms with E-state index in [0.717, 1.165) is 12.3 Å². The van der Waals surface area contributed by atoms with Gasteiger partial charge in [0.25, 0.3) is 0 Å². The molecular formula is C11H10BrNOS. The Morgan fingerprint density at radius 3 is 3.20 bits per heavy atom. The molecule has 0 saturated carbocycles. The van der Waals surface area contributed by atoms with Gasteiger partial charge in [0.15, 0.2) is 0 Å². The van der Waals surface area contributed by atoms with E-state index < -0.39 is 0 Å². The van der Waals surface area contributed by atoms with E-state index in [4.69, 9.17) is 4.42 Å². The lowest BCUT2D eigenvalue weighted by Gasteiger charge is -2.12. The van der Waals surface area contributed by atoms with Crippen molar-refractivity contribution >= 4 is 33.0 Å². The predicted octanol–water partition coefficient (Wildman–Crippen LogP) is 3.69. The molecule has 0 aliphatic carbocycles. The molecule has 78 valence electrons. The van der Waals surface area contributed by atoms with Crippen LogP contribution in [-0.4, -0.2) is 13.6 Å². The minimum Gasteiger partial charge on any atom is -0.469 e. The van der Waals surface area contributed by atoms with Crippen LogP contribution in [0.3, 0.4) is 0 Å². The first-order chi connectivity index (χ1) is 7.27. The molecule has 3 rings (SSSR count). The van der Waals surface area contributed by atoms with Gasteiger partial charge in [-0.1, -0.05) is 0 Å². The summed E-state index contributed by atoms with van der Waals surface area (Å²) in [6, 6.07) is 4.01. The van der Waals surface area contributed by atoms with Crippen LogP contribution in [0.25, 0.3) is 0 Å². The Kier molecular flexibility index (Phi) is 2.14. The van der Waals surface area contributed by atoms with E-state index in [1.165, 1.54) is 15.0 Å². The van der Waals surface area contributed by atoms with E-state index in [0.29, 0.717) is 5.92 Å². The Morgan fingerprint density at radius 2 is 2.47 bits per heavy atom. The number of fused-ring (bicyclic) bond motifs is 1. The summed E-state index contributed by atoms with van der Waals surface area (Å²) in [5.74, 6) is 1.45. The third kappa shape index (κ3) is 1.35. The van der Waals surface area contributed by atoms with Gasteiger partial charge < -0.3 is 9.32 Å². The smallest absolute Gasteiger partial charge is 0.113 e. The Morgan fingerprint density at radius 1 is 1.60 bits per heavy atom. The van der Waals surface area contributed by atoms with E-state index >= 15 is 0 Å². The predicted molar refractivity (Wildman–Crippen MR) is 65.8 cm³/mol. The van der Waals surface area contributed by atoms with E-state index in [1.807, 2.05) is 6.07 Å². The molecular weight excluding hydrogens is 274 g/mol. The Hall–Kier alpha value is -0.740. The van der Waals surface area contributed by atoms with E-state index in [1.54, 1.807) is 17.6 Å². The van der Waals surface area contributed by atoms with Crippen molar-refractivity contribution in [1.82, 2.24) is 0 Å². The molecule has 0 N–H and O–H groups in total. The highest BCUT2D eigenvalue weighted by atomic mass is 79.9. The minimum atomic E-state index is 0.391. The van der Waals surface area contributed by atoms with Gasteiger partial charge in [-0.05, 0) is 39.0 Å². The van der Waals surface area contributed by atoms with Gasteiger partial charge in [0.2, 0.25) is 0 Å². The van der Waals surface area contributed by atoms with Crippen molar-refractivity contribution in [2.45, 2.75) is 5.92 Å². The fraction of sp³-hybridized carbons (Fsp3) is 0.273. The molecule has 1 atom stereocenters. The standard InChI is InChI=1S/C11H10BrNOS/c1-13-5-7(9-3-2-4-14-9)8-6-15-11(12)10(8)13/h2-4,6-7H,5H2,1H3. The molecule has 1 aliphatic heterocycles. The molecule has 0 amide bonds. The molecule has 2 aromatic rings. The maximum Gasteiger partial charge on any atom is 0.113 e. The summed E-state index contributed by atoms with van der Waals surface area (Å²) in [4.78, 5) is 2.28. The largest absolute Gasteiger partial charge is 0.469 e. The lowest BCUT2D eigenvalue weighted by atomic mass is 10.0. The second-order valence-electron chi connectivity index (χ2n) is 3.76. The van der Waals surface area contributed by atoms with Crippen LogP contribution in [0.2, 0.25) is 0 Å². The summed E-state index contributed by atoms with van der Waals surface area (Å²) in [5.41, 5.74) is 2.70. The topological polar surface area (TPSA) is 16.4 Å². The summed E-state index contributed by atoms with van der Waals surface area (Å²) in [7, 11) is 2.12. The van der Waals surface area contributed by atoms with Gasteiger partial charge in [-0.25, -0.2) is 0 Å². The van der Waals surface area contributed by atoms with Crippen LogP contribution in [0.5, 0.6) is 0 Å². The van der Waals surface area contributed by atoms with Gasteiger partial charge in [0.1, 0.15) is 5.76 Å². The third-order valence-electron chi connectivity index (χ3n) is 2.85. The lowest BCUT2D eigenvalue weighted by molar-refractivity contribution is 0.492. The first-order valence-corrected chi connectivity index (χ1v) is 6.46. The number of halogens is 1. The molecule has 0 spiro atoms. The summed E-state index contributed by atoms with van der Waals surface area (Å²) >= 11 is 5.34. The van der Waals surface area contributed by atoms with Gasteiger partial charge in [0.05, 0.1) is 21.7 Å². The number of hydrogen-bond donors (Lipinski definition) is 0. The Balaban J connectivity index is 2.09. The minimum absolute atomic E-state index is 0.391. The molecule has 0 fully saturated rings. The Labute approximate surface area is 101 Å². The van der Waals surface area contributed by atoms with Crippen LogP contribution in [0, 0.1) is 0 Å². The van der Waals surface area contributed by atoms with Crippen LogP contribution in [0.1, 0.15) is 17.2 Å². The van der Waals surface area contributed by atoms with Crippen molar-refractivity contribution in [3.8, 4) is 0 Å². The molecule has 2 nitrogen and oxygen atoms in total. The number of likely N-dealkylation sites (N-methyl/N-ethyl adjacent to an activating group) is 1. The summed E-state index contributed by atoms with van der Waals surface area (Å²) in [6.07, 6.45) is 1.74. The van der Waals surface area contributed by atoms with Gasteiger partial charge in [-0.3, -0.25) is 0 Å². The van der Waals surface area contributed by atoms with Gasteiger partial charge in [-0.2, -0.15) is 0 Å². The average molecular weight is 284 g/mol. The second-order valence-corrected chi connectivity index (χ2v) is 5.96. The van der Waals surface area contributed by atoms with Crippen LogP contribution in [0.15, 0.2) is 32.0 Å².